The molecule has 1 unspecified atom stereocenters. The first-order valence-corrected chi connectivity index (χ1v) is 13.3. The zero-order valence-electron chi connectivity index (χ0n) is 22.3. The number of hydrogen-bond donors (Lipinski definition) is 4. The average Bonchev–Trinajstić information content (AvgIpc) is 2.99. The average molecular weight is 554 g/mol. The van der Waals surface area contributed by atoms with E-state index in [1.165, 1.54) is 0 Å². The molecule has 2 atom stereocenters. The summed E-state index contributed by atoms with van der Waals surface area (Å²) in [6, 6.07) is 22.7. The Bertz CT molecular complexity index is 1490. The van der Waals surface area contributed by atoms with Crippen LogP contribution in [0.25, 0.3) is 11.0 Å². The van der Waals surface area contributed by atoms with Gasteiger partial charge in [-0.1, -0.05) is 48.9 Å². The Morgan fingerprint density at radius 2 is 1.59 bits per heavy atom. The number of anilines is 2. The van der Waals surface area contributed by atoms with Crippen molar-refractivity contribution in [2.24, 2.45) is 0 Å². The highest BCUT2D eigenvalue weighted by Crippen LogP contribution is 2.23. The first-order valence-electron chi connectivity index (χ1n) is 13.3. The van der Waals surface area contributed by atoms with E-state index in [9.17, 15) is 19.2 Å². The molecular formula is C31H31N5O5. The van der Waals surface area contributed by atoms with Crippen molar-refractivity contribution in [3.63, 3.8) is 0 Å². The van der Waals surface area contributed by atoms with E-state index in [0.717, 1.165) is 22.3 Å². The lowest BCUT2D eigenvalue weighted by atomic mass is 9.92. The van der Waals surface area contributed by atoms with E-state index in [2.05, 4.69) is 25.9 Å². The van der Waals surface area contributed by atoms with Gasteiger partial charge in [-0.05, 0) is 54.8 Å². The third-order valence-electron chi connectivity index (χ3n) is 6.48. The summed E-state index contributed by atoms with van der Waals surface area (Å²) in [5.41, 5.74) is 3.66. The number of nitrogens with zero attached hydrogens (tertiary/aromatic N) is 2. The number of aromatic nitrogens is 2. The van der Waals surface area contributed by atoms with Crippen LogP contribution in [-0.2, 0) is 14.4 Å². The summed E-state index contributed by atoms with van der Waals surface area (Å²) < 4.78 is 0. The van der Waals surface area contributed by atoms with Crippen molar-refractivity contribution in [3.8, 4) is 0 Å². The molecule has 4 N–H and O–H groups in total. The molecule has 4 rings (SSSR count). The van der Waals surface area contributed by atoms with Gasteiger partial charge in [-0.2, -0.15) is 0 Å². The lowest BCUT2D eigenvalue weighted by molar-refractivity contribution is -0.138. The Balaban J connectivity index is 1.25. The van der Waals surface area contributed by atoms with Gasteiger partial charge in [0.25, 0.3) is 5.91 Å². The Hall–Kier alpha value is -5.12. The monoisotopic (exact) mass is 553 g/mol. The molecule has 0 fully saturated rings. The molecule has 0 aliphatic rings. The Morgan fingerprint density at radius 1 is 0.878 bits per heavy atom. The number of benzene rings is 3. The highest BCUT2D eigenvalue weighted by molar-refractivity contribution is 5.94. The molecular weight excluding hydrogens is 522 g/mol. The number of carbonyl (C=O) groups excluding carboxylic acids is 3. The molecule has 0 aliphatic carbocycles. The van der Waals surface area contributed by atoms with Gasteiger partial charge >= 0.3 is 5.97 Å². The van der Waals surface area contributed by atoms with Gasteiger partial charge in [0.05, 0.1) is 35.6 Å². The molecule has 3 aromatic carbocycles. The standard InChI is InChI=1S/C31H31N5O5/c37-20-24(18-29(38)39)35-31(41)25(21-8-2-1-3-9-21)10-6-7-17-32-30(40)22-13-15-23(16-14-22)34-28-19-33-26-11-4-5-12-27(26)36-28/h1-5,8-9,11-16,19-20,24-25H,6-7,10,17-18H2,(H,32,40)(H,34,36)(H,35,41)(H,38,39)/t24-,25?/m0/s1. The molecule has 41 heavy (non-hydrogen) atoms. The van der Waals surface area contributed by atoms with Gasteiger partial charge in [0.1, 0.15) is 12.1 Å². The molecule has 1 heterocycles. The first kappa shape index (κ1) is 28.9. The van der Waals surface area contributed by atoms with E-state index in [-0.39, 0.29) is 5.91 Å². The smallest absolute Gasteiger partial charge is 0.305 e. The first-order chi connectivity index (χ1) is 19.9. The molecule has 0 saturated carbocycles. The number of aldehydes is 1. The van der Waals surface area contributed by atoms with Crippen molar-refractivity contribution in [1.29, 1.82) is 0 Å². The number of rotatable bonds is 14. The van der Waals surface area contributed by atoms with E-state index < -0.39 is 30.3 Å². The van der Waals surface area contributed by atoms with Crippen molar-refractivity contribution >= 4 is 46.6 Å². The zero-order valence-corrected chi connectivity index (χ0v) is 22.3. The fourth-order valence-electron chi connectivity index (χ4n) is 4.39. The number of nitrogens with one attached hydrogen (secondary N) is 3. The van der Waals surface area contributed by atoms with Crippen molar-refractivity contribution in [2.45, 2.75) is 37.6 Å². The molecule has 1 aromatic heterocycles. The van der Waals surface area contributed by atoms with Crippen LogP contribution in [0.2, 0.25) is 0 Å². The highest BCUT2D eigenvalue weighted by Gasteiger charge is 2.24. The lowest BCUT2D eigenvalue weighted by Crippen LogP contribution is -2.40. The van der Waals surface area contributed by atoms with Crippen LogP contribution in [0.1, 0.15) is 47.5 Å². The van der Waals surface area contributed by atoms with Crippen LogP contribution in [0.3, 0.4) is 0 Å². The van der Waals surface area contributed by atoms with Gasteiger partial charge in [0.2, 0.25) is 5.91 Å². The minimum absolute atomic E-state index is 0.207. The van der Waals surface area contributed by atoms with Crippen molar-refractivity contribution in [2.75, 3.05) is 11.9 Å². The Kier molecular flexibility index (Phi) is 10.1. The topological polar surface area (TPSA) is 150 Å². The molecule has 10 nitrogen and oxygen atoms in total. The maximum Gasteiger partial charge on any atom is 0.305 e. The molecule has 210 valence electrons. The molecule has 4 aromatic rings. The number of aliphatic carboxylic acids is 1. The van der Waals surface area contributed by atoms with Crippen LogP contribution in [-0.4, -0.2) is 51.7 Å². The van der Waals surface area contributed by atoms with Crippen LogP contribution in [0, 0.1) is 0 Å². The summed E-state index contributed by atoms with van der Waals surface area (Å²) in [6.07, 6.45) is 3.36. The third kappa shape index (κ3) is 8.43. The Morgan fingerprint density at radius 3 is 2.29 bits per heavy atom. The summed E-state index contributed by atoms with van der Waals surface area (Å²) in [5, 5.41) is 17.6. The van der Waals surface area contributed by atoms with Gasteiger partial charge in [0, 0.05) is 17.8 Å². The number of fused-ring (bicyclic) bond motifs is 1. The number of para-hydroxylation sites is 2. The molecule has 10 heteroatoms. The molecule has 0 radical (unpaired) electrons. The van der Waals surface area contributed by atoms with Gasteiger partial charge < -0.3 is 25.9 Å². The van der Waals surface area contributed by atoms with E-state index in [0.29, 0.717) is 43.5 Å². The SMILES string of the molecule is O=C[C@H](CC(=O)O)NC(=O)C(CCCCNC(=O)c1ccc(Nc2cnc3ccccc3n2)cc1)c1ccccc1. The predicted molar refractivity (Wildman–Crippen MR) is 155 cm³/mol. The second kappa shape index (κ2) is 14.3. The minimum Gasteiger partial charge on any atom is -0.481 e. The maximum atomic E-state index is 12.9. The van der Waals surface area contributed by atoms with Crippen LogP contribution >= 0.6 is 0 Å². The fourth-order valence-corrected chi connectivity index (χ4v) is 4.39. The second-order valence-electron chi connectivity index (χ2n) is 9.51. The van der Waals surface area contributed by atoms with Gasteiger partial charge in [-0.25, -0.2) is 4.98 Å². The highest BCUT2D eigenvalue weighted by atomic mass is 16.4. The van der Waals surface area contributed by atoms with Crippen molar-refractivity contribution in [1.82, 2.24) is 20.6 Å². The number of carboxylic acids is 1. The van der Waals surface area contributed by atoms with Crippen LogP contribution < -0.4 is 16.0 Å². The van der Waals surface area contributed by atoms with Crippen LogP contribution in [0.15, 0.2) is 85.1 Å². The van der Waals surface area contributed by atoms with Gasteiger partial charge in [0.15, 0.2) is 0 Å². The van der Waals surface area contributed by atoms with Crippen LogP contribution in [0.5, 0.6) is 0 Å². The van der Waals surface area contributed by atoms with Crippen LogP contribution in [0.4, 0.5) is 11.5 Å². The third-order valence-corrected chi connectivity index (χ3v) is 6.48. The summed E-state index contributed by atoms with van der Waals surface area (Å²) in [5.74, 6) is -1.72. The van der Waals surface area contributed by atoms with Crippen molar-refractivity contribution in [3.05, 3.63) is 96.2 Å². The number of unbranched alkanes of at least 4 members (excludes halogenated alkanes) is 1. The fraction of sp³-hybridized carbons (Fsp3) is 0.226. The molecule has 0 aliphatic heterocycles. The van der Waals surface area contributed by atoms with E-state index in [1.54, 1.807) is 30.5 Å². The number of carbonyl (C=O) groups is 4. The quantitative estimate of drug-likeness (QED) is 0.134. The predicted octanol–water partition coefficient (Wildman–Crippen LogP) is 4.22. The van der Waals surface area contributed by atoms with Gasteiger partial charge in [-0.3, -0.25) is 19.4 Å². The van der Waals surface area contributed by atoms with Crippen molar-refractivity contribution < 1.29 is 24.3 Å². The lowest BCUT2D eigenvalue weighted by Gasteiger charge is -2.19. The van der Waals surface area contributed by atoms with E-state index in [4.69, 9.17) is 5.11 Å². The van der Waals surface area contributed by atoms with Gasteiger partial charge in [-0.15, -0.1) is 0 Å². The summed E-state index contributed by atoms with van der Waals surface area (Å²) >= 11 is 0. The molecule has 2 amide bonds. The number of carboxylic acid groups (broad SMARTS) is 1. The maximum absolute atomic E-state index is 12.9. The number of hydrogen-bond acceptors (Lipinski definition) is 7. The normalized spacial score (nSPS) is 12.2. The molecule has 0 saturated heterocycles. The Labute approximate surface area is 237 Å². The molecule has 0 spiro atoms. The molecule has 0 bridgehead atoms. The summed E-state index contributed by atoms with van der Waals surface area (Å²) in [7, 11) is 0. The summed E-state index contributed by atoms with van der Waals surface area (Å²) in [4.78, 5) is 56.7. The number of amides is 2. The largest absolute Gasteiger partial charge is 0.481 e. The minimum atomic E-state index is -1.17. The summed E-state index contributed by atoms with van der Waals surface area (Å²) in [6.45, 7) is 0.421. The second-order valence-corrected chi connectivity index (χ2v) is 9.51. The van der Waals surface area contributed by atoms with E-state index >= 15 is 0 Å². The zero-order chi connectivity index (χ0) is 29.0. The van der Waals surface area contributed by atoms with E-state index in [1.807, 2.05) is 54.6 Å².